The maximum atomic E-state index is 11.8. The second-order valence-electron chi connectivity index (χ2n) is 4.81. The van der Waals surface area contributed by atoms with Crippen molar-refractivity contribution in [3.8, 4) is 0 Å². The maximum Gasteiger partial charge on any atom is 0.138 e. The lowest BCUT2D eigenvalue weighted by Crippen LogP contribution is -2.05. The normalized spacial score (nSPS) is 10.8. The van der Waals surface area contributed by atoms with Gasteiger partial charge in [-0.1, -0.05) is 30.7 Å². The van der Waals surface area contributed by atoms with E-state index in [1.54, 1.807) is 0 Å². The van der Waals surface area contributed by atoms with Gasteiger partial charge in [-0.25, -0.2) is 0 Å². The monoisotopic (exact) mass is 256 g/mol. The lowest BCUT2D eigenvalue weighted by Gasteiger charge is -2.03. The smallest absolute Gasteiger partial charge is 0.138 e. The SMILES string of the molecule is NCCCCCC(=O)Cc1ccc2ccccc2n1. The molecule has 2 rings (SSSR count). The fraction of sp³-hybridized carbons (Fsp3) is 0.375. The van der Waals surface area contributed by atoms with Crippen molar-refractivity contribution in [3.63, 3.8) is 0 Å². The third-order valence-electron chi connectivity index (χ3n) is 3.19. The molecule has 2 N–H and O–H groups in total. The molecule has 0 aliphatic heterocycles. The molecule has 19 heavy (non-hydrogen) atoms. The van der Waals surface area contributed by atoms with Gasteiger partial charge in [-0.3, -0.25) is 9.78 Å². The second-order valence-corrected chi connectivity index (χ2v) is 4.81. The van der Waals surface area contributed by atoms with E-state index < -0.39 is 0 Å². The predicted octanol–water partition coefficient (Wildman–Crippen LogP) is 2.87. The molecule has 1 aromatic heterocycles. The highest BCUT2D eigenvalue weighted by Gasteiger charge is 2.05. The molecule has 0 unspecified atom stereocenters. The van der Waals surface area contributed by atoms with Gasteiger partial charge in [-0.05, 0) is 31.5 Å². The van der Waals surface area contributed by atoms with Crippen LogP contribution >= 0.6 is 0 Å². The molecule has 0 radical (unpaired) electrons. The van der Waals surface area contributed by atoms with Crippen LogP contribution in [0.2, 0.25) is 0 Å². The summed E-state index contributed by atoms with van der Waals surface area (Å²) >= 11 is 0. The summed E-state index contributed by atoms with van der Waals surface area (Å²) in [5, 5.41) is 1.11. The first-order valence-electron chi connectivity index (χ1n) is 6.86. The van der Waals surface area contributed by atoms with Gasteiger partial charge >= 0.3 is 0 Å². The van der Waals surface area contributed by atoms with E-state index in [0.717, 1.165) is 35.9 Å². The first-order chi connectivity index (χ1) is 9.29. The van der Waals surface area contributed by atoms with Crippen LogP contribution in [0.4, 0.5) is 0 Å². The van der Waals surface area contributed by atoms with Crippen molar-refractivity contribution in [2.24, 2.45) is 5.73 Å². The number of pyridine rings is 1. The average molecular weight is 256 g/mol. The Bertz CT molecular complexity index is 551. The summed E-state index contributed by atoms with van der Waals surface area (Å²) in [5.41, 5.74) is 7.24. The van der Waals surface area contributed by atoms with Crippen LogP contribution in [0.3, 0.4) is 0 Å². The number of hydrogen-bond donors (Lipinski definition) is 1. The minimum absolute atomic E-state index is 0.264. The Morgan fingerprint density at radius 3 is 2.74 bits per heavy atom. The van der Waals surface area contributed by atoms with E-state index in [0.29, 0.717) is 19.4 Å². The quantitative estimate of drug-likeness (QED) is 0.775. The van der Waals surface area contributed by atoms with Crippen molar-refractivity contribution in [1.29, 1.82) is 0 Å². The van der Waals surface area contributed by atoms with Crippen LogP contribution < -0.4 is 5.73 Å². The number of nitrogens with two attached hydrogens (primary N) is 1. The van der Waals surface area contributed by atoms with Crippen molar-refractivity contribution in [1.82, 2.24) is 4.98 Å². The van der Waals surface area contributed by atoms with Gasteiger partial charge in [0.1, 0.15) is 5.78 Å². The molecule has 0 aliphatic carbocycles. The molecule has 0 aliphatic rings. The van der Waals surface area contributed by atoms with Gasteiger partial charge in [-0.2, -0.15) is 0 Å². The van der Waals surface area contributed by atoms with E-state index in [-0.39, 0.29) is 5.78 Å². The summed E-state index contributed by atoms with van der Waals surface area (Å²) < 4.78 is 0. The van der Waals surface area contributed by atoms with Crippen molar-refractivity contribution >= 4 is 16.7 Å². The standard InChI is InChI=1S/C16H20N2O/c17-11-5-1-2-7-15(19)12-14-10-9-13-6-3-4-8-16(13)18-14/h3-4,6,8-10H,1-2,5,7,11-12,17H2. The van der Waals surface area contributed by atoms with Gasteiger partial charge in [0.25, 0.3) is 0 Å². The number of ketones is 1. The number of carbonyl (C=O) groups excluding carboxylic acids is 1. The fourth-order valence-corrected chi connectivity index (χ4v) is 2.14. The first-order valence-corrected chi connectivity index (χ1v) is 6.86. The van der Waals surface area contributed by atoms with Crippen molar-refractivity contribution < 1.29 is 4.79 Å². The van der Waals surface area contributed by atoms with Crippen LogP contribution in [-0.2, 0) is 11.2 Å². The van der Waals surface area contributed by atoms with Crippen LogP contribution in [0.25, 0.3) is 10.9 Å². The molecule has 0 saturated heterocycles. The van der Waals surface area contributed by atoms with E-state index in [9.17, 15) is 4.79 Å². The Labute approximate surface area is 113 Å². The molecular formula is C16H20N2O. The number of nitrogens with zero attached hydrogens (tertiary/aromatic N) is 1. The summed E-state index contributed by atoms with van der Waals surface area (Å²) in [4.78, 5) is 16.4. The third kappa shape index (κ3) is 4.14. The van der Waals surface area contributed by atoms with Gasteiger partial charge in [0.15, 0.2) is 0 Å². The molecule has 1 aromatic carbocycles. The highest BCUT2D eigenvalue weighted by molar-refractivity contribution is 5.82. The molecule has 1 heterocycles. The topological polar surface area (TPSA) is 56.0 Å². The van der Waals surface area contributed by atoms with Gasteiger partial charge in [0, 0.05) is 23.9 Å². The summed E-state index contributed by atoms with van der Waals surface area (Å²) in [6.07, 6.45) is 4.04. The molecule has 100 valence electrons. The van der Waals surface area contributed by atoms with E-state index >= 15 is 0 Å². The highest BCUT2D eigenvalue weighted by Crippen LogP contribution is 2.13. The van der Waals surface area contributed by atoms with Crippen molar-refractivity contribution in [2.45, 2.75) is 32.1 Å². The largest absolute Gasteiger partial charge is 0.330 e. The van der Waals surface area contributed by atoms with Gasteiger partial charge < -0.3 is 5.73 Å². The lowest BCUT2D eigenvalue weighted by molar-refractivity contribution is -0.118. The number of rotatable bonds is 7. The fourth-order valence-electron chi connectivity index (χ4n) is 2.14. The van der Waals surface area contributed by atoms with Gasteiger partial charge in [0.2, 0.25) is 0 Å². The number of Topliss-reactive ketones (excluding diaryl/α,β-unsaturated/α-hetero) is 1. The Morgan fingerprint density at radius 1 is 1.05 bits per heavy atom. The lowest BCUT2D eigenvalue weighted by atomic mass is 10.1. The number of fused-ring (bicyclic) bond motifs is 1. The summed E-state index contributed by atoms with van der Waals surface area (Å²) in [6, 6.07) is 11.9. The molecular weight excluding hydrogens is 236 g/mol. The van der Waals surface area contributed by atoms with Gasteiger partial charge in [0.05, 0.1) is 5.52 Å². The molecule has 0 atom stereocenters. The Hall–Kier alpha value is -1.74. The molecule has 0 fully saturated rings. The summed E-state index contributed by atoms with van der Waals surface area (Å²) in [5.74, 6) is 0.264. The van der Waals surface area contributed by atoms with E-state index in [1.165, 1.54) is 0 Å². The number of hydrogen-bond acceptors (Lipinski definition) is 3. The van der Waals surface area contributed by atoms with Crippen LogP contribution in [0.15, 0.2) is 36.4 Å². The Morgan fingerprint density at radius 2 is 1.89 bits per heavy atom. The predicted molar refractivity (Wildman–Crippen MR) is 78.0 cm³/mol. The van der Waals surface area contributed by atoms with E-state index in [1.807, 2.05) is 36.4 Å². The average Bonchev–Trinajstić information content (AvgIpc) is 2.43. The molecule has 3 nitrogen and oxygen atoms in total. The number of carbonyl (C=O) groups is 1. The first kappa shape index (κ1) is 13.7. The number of benzene rings is 1. The zero-order valence-corrected chi connectivity index (χ0v) is 11.1. The van der Waals surface area contributed by atoms with Crippen LogP contribution in [0.5, 0.6) is 0 Å². The summed E-state index contributed by atoms with van der Waals surface area (Å²) in [7, 11) is 0. The molecule has 0 bridgehead atoms. The third-order valence-corrected chi connectivity index (χ3v) is 3.19. The molecule has 0 spiro atoms. The number of unbranched alkanes of at least 4 members (excludes halogenated alkanes) is 2. The second kappa shape index (κ2) is 7.00. The highest BCUT2D eigenvalue weighted by atomic mass is 16.1. The van der Waals surface area contributed by atoms with Gasteiger partial charge in [-0.15, -0.1) is 0 Å². The minimum Gasteiger partial charge on any atom is -0.330 e. The number of aromatic nitrogens is 1. The Kier molecular flexibility index (Phi) is 5.04. The Balaban J connectivity index is 1.91. The van der Waals surface area contributed by atoms with Crippen molar-refractivity contribution in [3.05, 3.63) is 42.1 Å². The van der Waals surface area contributed by atoms with Crippen LogP contribution in [0.1, 0.15) is 31.4 Å². The molecule has 0 saturated carbocycles. The molecule has 3 heteroatoms. The summed E-state index contributed by atoms with van der Waals surface area (Å²) in [6.45, 7) is 0.709. The van der Waals surface area contributed by atoms with Crippen LogP contribution in [-0.4, -0.2) is 17.3 Å². The minimum atomic E-state index is 0.264. The van der Waals surface area contributed by atoms with Crippen LogP contribution in [0, 0.1) is 0 Å². The van der Waals surface area contributed by atoms with E-state index in [4.69, 9.17) is 5.73 Å². The zero-order chi connectivity index (χ0) is 13.5. The molecule has 0 amide bonds. The number of para-hydroxylation sites is 1. The maximum absolute atomic E-state index is 11.8. The van der Waals surface area contributed by atoms with Crippen molar-refractivity contribution in [2.75, 3.05) is 6.54 Å². The van der Waals surface area contributed by atoms with E-state index in [2.05, 4.69) is 4.98 Å². The molecule has 2 aromatic rings. The zero-order valence-electron chi connectivity index (χ0n) is 11.1.